The molecule has 1 fully saturated rings. The van der Waals surface area contributed by atoms with Crippen LogP contribution in [0.5, 0.6) is 0 Å². The summed E-state index contributed by atoms with van der Waals surface area (Å²) in [5, 5.41) is 5.69. The van der Waals surface area contributed by atoms with Crippen LogP contribution in [0.15, 0.2) is 24.3 Å². The van der Waals surface area contributed by atoms with Crippen LogP contribution in [-0.2, 0) is 14.4 Å². The quantitative estimate of drug-likeness (QED) is 0.869. The third-order valence-electron chi connectivity index (χ3n) is 4.34. The highest BCUT2D eigenvalue weighted by Gasteiger charge is 2.36. The van der Waals surface area contributed by atoms with Gasteiger partial charge in [0, 0.05) is 36.8 Å². The average molecular weight is 331 g/mol. The van der Waals surface area contributed by atoms with Gasteiger partial charge in [0.05, 0.1) is 5.92 Å². The molecule has 1 saturated heterocycles. The first-order valence-corrected chi connectivity index (χ1v) is 8.22. The van der Waals surface area contributed by atoms with Crippen molar-refractivity contribution >= 4 is 29.1 Å². The van der Waals surface area contributed by atoms with E-state index in [0.717, 1.165) is 12.1 Å². The molecule has 2 rings (SSSR count). The van der Waals surface area contributed by atoms with Crippen LogP contribution >= 0.6 is 0 Å². The van der Waals surface area contributed by atoms with Gasteiger partial charge >= 0.3 is 0 Å². The zero-order valence-corrected chi connectivity index (χ0v) is 14.7. The van der Waals surface area contributed by atoms with Crippen LogP contribution in [0, 0.1) is 5.92 Å². The summed E-state index contributed by atoms with van der Waals surface area (Å²) >= 11 is 0. The minimum atomic E-state index is -0.335. The van der Waals surface area contributed by atoms with Crippen LogP contribution in [-0.4, -0.2) is 29.8 Å². The standard InChI is InChI=1S/C18H25N3O3/c1-5-18(3,4)20-17(24)13-10-16(23)21(11-13)15-8-6-14(7-9-15)19-12(2)22/h6-9,13H,5,10-11H2,1-4H3,(H,19,22)(H,20,24)/t13-/m1/s1. The lowest BCUT2D eigenvalue weighted by molar-refractivity contribution is -0.127. The molecule has 130 valence electrons. The smallest absolute Gasteiger partial charge is 0.227 e. The van der Waals surface area contributed by atoms with E-state index in [4.69, 9.17) is 0 Å². The summed E-state index contributed by atoms with van der Waals surface area (Å²) in [6.07, 6.45) is 1.05. The summed E-state index contributed by atoms with van der Waals surface area (Å²) in [6, 6.07) is 7.05. The first-order valence-electron chi connectivity index (χ1n) is 8.22. The molecule has 1 aliphatic rings. The van der Waals surface area contributed by atoms with Crippen LogP contribution in [0.4, 0.5) is 11.4 Å². The topological polar surface area (TPSA) is 78.5 Å². The van der Waals surface area contributed by atoms with Gasteiger partial charge in [0.15, 0.2) is 0 Å². The van der Waals surface area contributed by atoms with Crippen LogP contribution in [0.1, 0.15) is 40.5 Å². The van der Waals surface area contributed by atoms with Crippen molar-refractivity contribution < 1.29 is 14.4 Å². The monoisotopic (exact) mass is 331 g/mol. The van der Waals surface area contributed by atoms with Gasteiger partial charge in [-0.3, -0.25) is 14.4 Å². The Kier molecular flexibility index (Phi) is 5.26. The van der Waals surface area contributed by atoms with Gasteiger partial charge in [-0.2, -0.15) is 0 Å². The number of benzene rings is 1. The number of nitrogens with one attached hydrogen (secondary N) is 2. The number of hydrogen-bond acceptors (Lipinski definition) is 3. The maximum atomic E-state index is 12.4. The summed E-state index contributed by atoms with van der Waals surface area (Å²) in [5.74, 6) is -0.613. The van der Waals surface area contributed by atoms with Crippen LogP contribution in [0.25, 0.3) is 0 Å². The zero-order valence-electron chi connectivity index (χ0n) is 14.7. The molecule has 0 aliphatic carbocycles. The minimum absolute atomic E-state index is 0.0586. The van der Waals surface area contributed by atoms with Gasteiger partial charge in [0.25, 0.3) is 0 Å². The second-order valence-corrected chi connectivity index (χ2v) is 6.86. The molecule has 3 amide bonds. The highest BCUT2D eigenvalue weighted by atomic mass is 16.2. The molecule has 1 aromatic carbocycles. The summed E-state index contributed by atoms with van der Waals surface area (Å²) < 4.78 is 0. The first-order chi connectivity index (χ1) is 11.2. The van der Waals surface area contributed by atoms with Crippen molar-refractivity contribution in [3.8, 4) is 0 Å². The molecular formula is C18H25N3O3. The van der Waals surface area contributed by atoms with Crippen molar-refractivity contribution in [1.82, 2.24) is 5.32 Å². The van der Waals surface area contributed by atoms with Crippen molar-refractivity contribution in [2.45, 2.75) is 46.1 Å². The van der Waals surface area contributed by atoms with Crippen molar-refractivity contribution in [2.24, 2.45) is 5.92 Å². The predicted octanol–water partition coefficient (Wildman–Crippen LogP) is 2.30. The van der Waals surface area contributed by atoms with E-state index in [-0.39, 0.29) is 35.6 Å². The molecule has 0 saturated carbocycles. The Balaban J connectivity index is 2.04. The second-order valence-electron chi connectivity index (χ2n) is 6.86. The summed E-state index contributed by atoms with van der Waals surface area (Å²) in [7, 11) is 0. The Bertz CT molecular complexity index is 637. The van der Waals surface area contributed by atoms with Crippen LogP contribution < -0.4 is 15.5 Å². The Hall–Kier alpha value is -2.37. The van der Waals surface area contributed by atoms with Gasteiger partial charge in [0.1, 0.15) is 0 Å². The summed E-state index contributed by atoms with van der Waals surface area (Å²) in [5.41, 5.74) is 1.14. The van der Waals surface area contributed by atoms with E-state index in [1.54, 1.807) is 29.2 Å². The number of nitrogens with zero attached hydrogens (tertiary/aromatic N) is 1. The molecule has 0 unspecified atom stereocenters. The van der Waals surface area contributed by atoms with E-state index >= 15 is 0 Å². The zero-order chi connectivity index (χ0) is 17.9. The van der Waals surface area contributed by atoms with Gasteiger partial charge in [-0.1, -0.05) is 6.92 Å². The fourth-order valence-corrected chi connectivity index (χ4v) is 2.58. The van der Waals surface area contributed by atoms with Gasteiger partial charge in [-0.05, 0) is 44.5 Å². The van der Waals surface area contributed by atoms with Crippen LogP contribution in [0.2, 0.25) is 0 Å². The minimum Gasteiger partial charge on any atom is -0.351 e. The molecule has 24 heavy (non-hydrogen) atoms. The van der Waals surface area contributed by atoms with Gasteiger partial charge in [-0.15, -0.1) is 0 Å². The number of rotatable bonds is 5. The third-order valence-corrected chi connectivity index (χ3v) is 4.34. The van der Waals surface area contributed by atoms with Gasteiger partial charge in [0.2, 0.25) is 17.7 Å². The molecule has 6 heteroatoms. The number of carbonyl (C=O) groups is 3. The molecule has 0 radical (unpaired) electrons. The number of carbonyl (C=O) groups excluding carboxylic acids is 3. The molecule has 6 nitrogen and oxygen atoms in total. The van der Waals surface area contributed by atoms with Gasteiger partial charge < -0.3 is 15.5 Å². The average Bonchev–Trinajstić information content (AvgIpc) is 2.89. The van der Waals surface area contributed by atoms with Crippen molar-refractivity contribution in [2.75, 3.05) is 16.8 Å². The van der Waals surface area contributed by atoms with Crippen LogP contribution in [0.3, 0.4) is 0 Å². The highest BCUT2D eigenvalue weighted by Crippen LogP contribution is 2.27. The molecule has 1 atom stereocenters. The van der Waals surface area contributed by atoms with E-state index in [1.807, 2.05) is 20.8 Å². The van der Waals surface area contributed by atoms with Gasteiger partial charge in [-0.25, -0.2) is 0 Å². The molecule has 0 spiro atoms. The normalized spacial score (nSPS) is 17.8. The molecule has 1 aromatic rings. The Morgan fingerprint density at radius 1 is 1.25 bits per heavy atom. The maximum Gasteiger partial charge on any atom is 0.227 e. The summed E-state index contributed by atoms with van der Waals surface area (Å²) in [4.78, 5) is 37.3. The number of anilines is 2. The number of hydrogen-bond donors (Lipinski definition) is 2. The van der Waals surface area contributed by atoms with E-state index in [0.29, 0.717) is 12.2 Å². The fraction of sp³-hybridized carbons (Fsp3) is 0.500. The largest absolute Gasteiger partial charge is 0.351 e. The van der Waals surface area contributed by atoms with Crippen molar-refractivity contribution in [3.63, 3.8) is 0 Å². The molecule has 0 bridgehead atoms. The van der Waals surface area contributed by atoms with E-state index in [2.05, 4.69) is 10.6 Å². The molecule has 1 heterocycles. The Labute approximate surface area is 142 Å². The first kappa shape index (κ1) is 18.0. The highest BCUT2D eigenvalue weighted by molar-refractivity contribution is 6.00. The lowest BCUT2D eigenvalue weighted by Gasteiger charge is -2.26. The van der Waals surface area contributed by atoms with Crippen molar-refractivity contribution in [3.05, 3.63) is 24.3 Å². The lowest BCUT2D eigenvalue weighted by atomic mass is 9.99. The SMILES string of the molecule is CCC(C)(C)NC(=O)[C@@H]1CC(=O)N(c2ccc(NC(C)=O)cc2)C1. The predicted molar refractivity (Wildman–Crippen MR) is 93.7 cm³/mol. The van der Waals surface area contributed by atoms with E-state index in [9.17, 15) is 14.4 Å². The third kappa shape index (κ3) is 4.34. The Morgan fingerprint density at radius 2 is 1.88 bits per heavy atom. The van der Waals surface area contributed by atoms with E-state index in [1.165, 1.54) is 6.92 Å². The summed E-state index contributed by atoms with van der Waals surface area (Å²) in [6.45, 7) is 7.78. The molecule has 0 aromatic heterocycles. The van der Waals surface area contributed by atoms with E-state index < -0.39 is 0 Å². The fourth-order valence-electron chi connectivity index (χ4n) is 2.58. The lowest BCUT2D eigenvalue weighted by Crippen LogP contribution is -2.46. The Morgan fingerprint density at radius 3 is 2.42 bits per heavy atom. The second kappa shape index (κ2) is 7.03. The maximum absolute atomic E-state index is 12.4. The molecule has 2 N–H and O–H groups in total. The molecule has 1 aliphatic heterocycles. The van der Waals surface area contributed by atoms with Crippen molar-refractivity contribution in [1.29, 1.82) is 0 Å². The number of amides is 3. The molecular weight excluding hydrogens is 306 g/mol.